The molecule has 0 saturated heterocycles. The molecular weight excluding hydrogens is 349 g/mol. The molecule has 2 aromatic rings. The second-order valence-corrected chi connectivity index (χ2v) is 6.65. The molecule has 1 amide bonds. The molecule has 2 aromatic carbocycles. The number of thioether (sulfide) groups is 1. The van der Waals surface area contributed by atoms with Crippen molar-refractivity contribution in [3.63, 3.8) is 0 Å². The molecule has 3 nitrogen and oxygen atoms in total. The molecular formula is C18H19ClFNO2S. The first-order valence-electron chi connectivity index (χ1n) is 7.45. The minimum atomic E-state index is -0.364. The van der Waals surface area contributed by atoms with Gasteiger partial charge in [0.25, 0.3) is 0 Å². The van der Waals surface area contributed by atoms with Crippen molar-refractivity contribution in [2.45, 2.75) is 18.7 Å². The van der Waals surface area contributed by atoms with E-state index in [-0.39, 0.29) is 17.8 Å². The number of carbonyl (C=O) groups excluding carboxylic acids is 1. The number of para-hydroxylation sites is 1. The molecule has 0 saturated carbocycles. The van der Waals surface area contributed by atoms with Crippen molar-refractivity contribution in [2.75, 3.05) is 12.9 Å². The van der Waals surface area contributed by atoms with Crippen LogP contribution in [0.5, 0.6) is 5.75 Å². The van der Waals surface area contributed by atoms with E-state index < -0.39 is 0 Å². The molecule has 1 N–H and O–H groups in total. The Morgan fingerprint density at radius 3 is 2.79 bits per heavy atom. The summed E-state index contributed by atoms with van der Waals surface area (Å²) in [5.41, 5.74) is 1.74. The van der Waals surface area contributed by atoms with E-state index in [4.69, 9.17) is 16.3 Å². The standard InChI is InChI=1S/C18H19ClFNO2S/c1-12(15-5-3-4-6-17(15)23-2)21-18(22)11-24-10-13-7-8-14(20)9-16(13)19/h3-9,12H,10-11H2,1-2H3,(H,21,22)/t12-/m0/s1. The Balaban J connectivity index is 1.84. The Morgan fingerprint density at radius 2 is 2.08 bits per heavy atom. The number of halogens is 2. The quantitative estimate of drug-likeness (QED) is 0.777. The Bertz CT molecular complexity index is 711. The largest absolute Gasteiger partial charge is 0.496 e. The molecule has 24 heavy (non-hydrogen) atoms. The maximum atomic E-state index is 13.0. The molecule has 128 valence electrons. The lowest BCUT2D eigenvalue weighted by atomic mass is 10.1. The van der Waals surface area contributed by atoms with Crippen LogP contribution in [0.15, 0.2) is 42.5 Å². The third-order valence-corrected chi connectivity index (χ3v) is 4.82. The van der Waals surface area contributed by atoms with Gasteiger partial charge in [-0.05, 0) is 30.7 Å². The van der Waals surface area contributed by atoms with Gasteiger partial charge in [0.1, 0.15) is 11.6 Å². The van der Waals surface area contributed by atoms with E-state index >= 15 is 0 Å². The third kappa shape index (κ3) is 5.14. The zero-order valence-corrected chi connectivity index (χ0v) is 15.1. The molecule has 2 rings (SSSR count). The van der Waals surface area contributed by atoms with E-state index in [1.807, 2.05) is 31.2 Å². The average Bonchev–Trinajstić information content (AvgIpc) is 2.56. The zero-order valence-electron chi connectivity index (χ0n) is 13.5. The van der Waals surface area contributed by atoms with E-state index in [0.29, 0.717) is 16.5 Å². The molecule has 0 unspecified atom stereocenters. The lowest BCUT2D eigenvalue weighted by Gasteiger charge is -2.17. The van der Waals surface area contributed by atoms with Crippen LogP contribution in [0.4, 0.5) is 4.39 Å². The molecule has 0 aliphatic heterocycles. The first-order chi connectivity index (χ1) is 11.5. The van der Waals surface area contributed by atoms with Crippen LogP contribution in [0.3, 0.4) is 0 Å². The minimum absolute atomic E-state index is 0.0726. The molecule has 0 aliphatic rings. The number of amides is 1. The second-order valence-electron chi connectivity index (χ2n) is 5.26. The van der Waals surface area contributed by atoms with Gasteiger partial charge in [-0.3, -0.25) is 4.79 Å². The van der Waals surface area contributed by atoms with Crippen LogP contribution in [0.1, 0.15) is 24.1 Å². The highest BCUT2D eigenvalue weighted by molar-refractivity contribution is 7.99. The van der Waals surface area contributed by atoms with Crippen LogP contribution < -0.4 is 10.1 Å². The molecule has 1 atom stereocenters. The summed E-state index contributed by atoms with van der Waals surface area (Å²) >= 11 is 7.41. The summed E-state index contributed by atoms with van der Waals surface area (Å²) in [7, 11) is 1.61. The van der Waals surface area contributed by atoms with Crippen molar-refractivity contribution in [2.24, 2.45) is 0 Å². The fraction of sp³-hybridized carbons (Fsp3) is 0.278. The van der Waals surface area contributed by atoms with Crippen molar-refractivity contribution in [1.82, 2.24) is 5.32 Å². The Hall–Kier alpha value is -1.72. The summed E-state index contributed by atoms with van der Waals surface area (Å²) in [4.78, 5) is 12.1. The SMILES string of the molecule is COc1ccccc1[C@H](C)NC(=O)CSCc1ccc(F)cc1Cl. The van der Waals surface area contributed by atoms with Crippen molar-refractivity contribution in [1.29, 1.82) is 0 Å². The van der Waals surface area contributed by atoms with Gasteiger partial charge in [0.15, 0.2) is 0 Å². The predicted molar refractivity (Wildman–Crippen MR) is 97.1 cm³/mol. The number of ether oxygens (including phenoxy) is 1. The first kappa shape index (κ1) is 18.6. The Kier molecular flexibility index (Phi) is 6.94. The number of hydrogen-bond acceptors (Lipinski definition) is 3. The lowest BCUT2D eigenvalue weighted by Crippen LogP contribution is -2.28. The van der Waals surface area contributed by atoms with Crippen LogP contribution in [-0.4, -0.2) is 18.8 Å². The average molecular weight is 368 g/mol. The molecule has 0 bridgehead atoms. The van der Waals surface area contributed by atoms with Crippen molar-refractivity contribution in [3.8, 4) is 5.75 Å². The summed E-state index contributed by atoms with van der Waals surface area (Å²) in [5, 5.41) is 3.33. The normalized spacial score (nSPS) is 11.8. The van der Waals surface area contributed by atoms with Gasteiger partial charge in [0.2, 0.25) is 5.91 Å². The zero-order chi connectivity index (χ0) is 17.5. The van der Waals surface area contributed by atoms with Gasteiger partial charge in [-0.1, -0.05) is 35.9 Å². The fourth-order valence-corrected chi connectivity index (χ4v) is 3.43. The Morgan fingerprint density at radius 1 is 1.33 bits per heavy atom. The van der Waals surface area contributed by atoms with Gasteiger partial charge in [0, 0.05) is 16.3 Å². The number of hydrogen-bond donors (Lipinski definition) is 1. The van der Waals surface area contributed by atoms with Gasteiger partial charge in [-0.25, -0.2) is 4.39 Å². The maximum Gasteiger partial charge on any atom is 0.230 e. The molecule has 0 radical (unpaired) electrons. The highest BCUT2D eigenvalue weighted by Gasteiger charge is 2.13. The summed E-state index contributed by atoms with van der Waals surface area (Å²) in [6.45, 7) is 1.91. The monoisotopic (exact) mass is 367 g/mol. The molecule has 0 fully saturated rings. The summed E-state index contributed by atoms with van der Waals surface area (Å²) in [5.74, 6) is 1.16. The van der Waals surface area contributed by atoms with Crippen LogP contribution in [0.25, 0.3) is 0 Å². The van der Waals surface area contributed by atoms with E-state index in [9.17, 15) is 9.18 Å². The molecule has 6 heteroatoms. The Labute approximate surface area is 150 Å². The summed E-state index contributed by atoms with van der Waals surface area (Å²) < 4.78 is 18.3. The van der Waals surface area contributed by atoms with Gasteiger partial charge >= 0.3 is 0 Å². The van der Waals surface area contributed by atoms with Crippen molar-refractivity contribution in [3.05, 3.63) is 64.4 Å². The topological polar surface area (TPSA) is 38.3 Å². The molecule has 0 aliphatic carbocycles. The van der Waals surface area contributed by atoms with Crippen molar-refractivity contribution < 1.29 is 13.9 Å². The van der Waals surface area contributed by atoms with Gasteiger partial charge in [-0.2, -0.15) is 0 Å². The smallest absolute Gasteiger partial charge is 0.230 e. The predicted octanol–water partition coefficient (Wildman–Crippen LogP) is 4.60. The number of benzene rings is 2. The number of carbonyl (C=O) groups is 1. The van der Waals surface area contributed by atoms with Crippen LogP contribution >= 0.6 is 23.4 Å². The number of rotatable bonds is 7. The van der Waals surface area contributed by atoms with Crippen molar-refractivity contribution >= 4 is 29.3 Å². The van der Waals surface area contributed by atoms with Gasteiger partial charge in [0.05, 0.1) is 18.9 Å². The fourth-order valence-electron chi connectivity index (χ4n) is 2.28. The van der Waals surface area contributed by atoms with Gasteiger partial charge in [-0.15, -0.1) is 11.8 Å². The second kappa shape index (κ2) is 8.94. The van der Waals surface area contributed by atoms with Crippen LogP contribution in [-0.2, 0) is 10.5 Å². The third-order valence-electron chi connectivity index (χ3n) is 3.49. The van der Waals surface area contributed by atoms with Crippen LogP contribution in [0, 0.1) is 5.82 Å². The van der Waals surface area contributed by atoms with E-state index in [1.165, 1.54) is 23.9 Å². The minimum Gasteiger partial charge on any atom is -0.496 e. The highest BCUT2D eigenvalue weighted by Crippen LogP contribution is 2.25. The van der Waals surface area contributed by atoms with E-state index in [2.05, 4.69) is 5.32 Å². The summed E-state index contributed by atoms with van der Waals surface area (Å²) in [6.07, 6.45) is 0. The van der Waals surface area contributed by atoms with E-state index in [1.54, 1.807) is 13.2 Å². The maximum absolute atomic E-state index is 13.0. The molecule has 0 heterocycles. The molecule has 0 aromatic heterocycles. The van der Waals surface area contributed by atoms with Crippen LogP contribution in [0.2, 0.25) is 5.02 Å². The van der Waals surface area contributed by atoms with Gasteiger partial charge < -0.3 is 10.1 Å². The highest BCUT2D eigenvalue weighted by atomic mass is 35.5. The summed E-state index contributed by atoms with van der Waals surface area (Å²) in [6, 6.07) is 11.7. The number of nitrogens with one attached hydrogen (secondary N) is 1. The first-order valence-corrected chi connectivity index (χ1v) is 8.98. The molecule has 0 spiro atoms. The number of methoxy groups -OCH3 is 1. The lowest BCUT2D eigenvalue weighted by molar-refractivity contribution is -0.119. The van der Waals surface area contributed by atoms with E-state index in [0.717, 1.165) is 16.9 Å².